The summed E-state index contributed by atoms with van der Waals surface area (Å²) in [6, 6.07) is 7.11. The summed E-state index contributed by atoms with van der Waals surface area (Å²) in [6.45, 7) is 2.97. The Labute approximate surface area is 125 Å². The van der Waals surface area contributed by atoms with E-state index in [1.807, 2.05) is 6.07 Å². The van der Waals surface area contributed by atoms with Gasteiger partial charge in [-0.15, -0.1) is 0 Å². The van der Waals surface area contributed by atoms with Crippen molar-refractivity contribution in [1.82, 2.24) is 0 Å². The molecule has 2 N–H and O–H groups in total. The summed E-state index contributed by atoms with van der Waals surface area (Å²) >= 11 is 0. The fraction of sp³-hybridized carbons (Fsp3) is 0.588. The van der Waals surface area contributed by atoms with Gasteiger partial charge in [0.1, 0.15) is 5.75 Å². The first-order chi connectivity index (χ1) is 10.1. The van der Waals surface area contributed by atoms with Crippen molar-refractivity contribution in [2.75, 3.05) is 6.61 Å². The summed E-state index contributed by atoms with van der Waals surface area (Å²) in [5.41, 5.74) is 0.589. The van der Waals surface area contributed by atoms with Crippen LogP contribution in [0.25, 0.3) is 0 Å². The van der Waals surface area contributed by atoms with Gasteiger partial charge in [0.05, 0.1) is 19.1 Å². The number of carboxylic acid groups (broad SMARTS) is 1. The lowest BCUT2D eigenvalue weighted by molar-refractivity contribution is -0.139. The molecule has 2 rings (SSSR count). The van der Waals surface area contributed by atoms with E-state index in [1.165, 1.54) is 25.7 Å². The van der Waals surface area contributed by atoms with Gasteiger partial charge in [-0.2, -0.15) is 0 Å². The van der Waals surface area contributed by atoms with E-state index in [-0.39, 0.29) is 6.42 Å². The van der Waals surface area contributed by atoms with Gasteiger partial charge in [0.25, 0.3) is 0 Å². The third-order valence-electron chi connectivity index (χ3n) is 4.36. The first kappa shape index (κ1) is 15.8. The molecule has 0 radical (unpaired) electrons. The van der Waals surface area contributed by atoms with Gasteiger partial charge in [-0.05, 0) is 36.0 Å². The van der Waals surface area contributed by atoms with Crippen molar-refractivity contribution in [3.05, 3.63) is 29.8 Å². The zero-order valence-corrected chi connectivity index (χ0v) is 12.5. The minimum Gasteiger partial charge on any atom is -0.493 e. The van der Waals surface area contributed by atoms with Gasteiger partial charge in [-0.3, -0.25) is 4.79 Å². The number of benzene rings is 1. The summed E-state index contributed by atoms with van der Waals surface area (Å²) in [5, 5.41) is 18.6. The van der Waals surface area contributed by atoms with Crippen molar-refractivity contribution in [3.63, 3.8) is 0 Å². The van der Waals surface area contributed by atoms with Crippen LogP contribution in [0.15, 0.2) is 24.3 Å². The van der Waals surface area contributed by atoms with E-state index in [2.05, 4.69) is 6.92 Å². The number of aliphatic hydroxyl groups excluding tert-OH is 1. The maximum absolute atomic E-state index is 10.6. The smallest absolute Gasteiger partial charge is 0.306 e. The molecule has 1 aliphatic rings. The van der Waals surface area contributed by atoms with Gasteiger partial charge in [-0.1, -0.05) is 38.3 Å². The Balaban J connectivity index is 1.92. The number of aliphatic hydroxyl groups is 1. The van der Waals surface area contributed by atoms with Gasteiger partial charge < -0.3 is 14.9 Å². The van der Waals surface area contributed by atoms with Crippen molar-refractivity contribution in [2.45, 2.75) is 45.1 Å². The highest BCUT2D eigenvalue weighted by atomic mass is 16.5. The molecule has 0 aromatic heterocycles. The van der Waals surface area contributed by atoms with Crippen LogP contribution in [0.3, 0.4) is 0 Å². The van der Waals surface area contributed by atoms with E-state index in [0.29, 0.717) is 29.8 Å². The van der Waals surface area contributed by atoms with Crippen LogP contribution in [0.2, 0.25) is 0 Å². The average Bonchev–Trinajstić information content (AvgIpc) is 2.46. The number of carboxylic acids is 1. The summed E-state index contributed by atoms with van der Waals surface area (Å²) < 4.78 is 5.85. The number of rotatable bonds is 6. The Bertz CT molecular complexity index is 472. The van der Waals surface area contributed by atoms with Crippen LogP contribution in [0.4, 0.5) is 0 Å². The van der Waals surface area contributed by atoms with Crippen LogP contribution >= 0.6 is 0 Å². The van der Waals surface area contributed by atoms with Crippen molar-refractivity contribution in [2.24, 2.45) is 11.8 Å². The van der Waals surface area contributed by atoms with E-state index in [4.69, 9.17) is 9.84 Å². The van der Waals surface area contributed by atoms with Crippen molar-refractivity contribution >= 4 is 5.97 Å². The molecule has 0 aliphatic heterocycles. The summed E-state index contributed by atoms with van der Waals surface area (Å²) in [5.74, 6) is 0.977. The number of aliphatic carboxylic acids is 1. The highest BCUT2D eigenvalue weighted by molar-refractivity contribution is 5.67. The van der Waals surface area contributed by atoms with Crippen LogP contribution in [-0.4, -0.2) is 22.8 Å². The second kappa shape index (κ2) is 7.46. The molecule has 0 amide bonds. The summed E-state index contributed by atoms with van der Waals surface area (Å²) in [6.07, 6.45) is 3.79. The number of ether oxygens (including phenoxy) is 1. The SMILES string of the molecule is CC1CCCCC1COc1cccc(C(O)CC(=O)O)c1. The van der Waals surface area contributed by atoms with E-state index in [9.17, 15) is 9.90 Å². The van der Waals surface area contributed by atoms with Gasteiger partial charge >= 0.3 is 5.97 Å². The lowest BCUT2D eigenvalue weighted by atomic mass is 9.81. The zero-order chi connectivity index (χ0) is 15.2. The predicted octanol–water partition coefficient (Wildman–Crippen LogP) is 3.40. The predicted molar refractivity (Wildman–Crippen MR) is 80.3 cm³/mol. The molecular weight excluding hydrogens is 268 g/mol. The first-order valence-electron chi connectivity index (χ1n) is 7.69. The molecule has 116 valence electrons. The largest absolute Gasteiger partial charge is 0.493 e. The van der Waals surface area contributed by atoms with E-state index in [1.54, 1.807) is 18.2 Å². The molecule has 0 heterocycles. The average molecular weight is 292 g/mol. The molecule has 0 saturated heterocycles. The van der Waals surface area contributed by atoms with Gasteiger partial charge in [0, 0.05) is 0 Å². The molecule has 1 fully saturated rings. The lowest BCUT2D eigenvalue weighted by Gasteiger charge is -2.28. The molecular formula is C17H24O4. The molecule has 1 saturated carbocycles. The maximum atomic E-state index is 10.6. The zero-order valence-electron chi connectivity index (χ0n) is 12.5. The second-order valence-electron chi connectivity index (χ2n) is 6.02. The van der Waals surface area contributed by atoms with Crippen molar-refractivity contribution < 1.29 is 19.7 Å². The molecule has 4 heteroatoms. The first-order valence-corrected chi connectivity index (χ1v) is 7.69. The molecule has 3 atom stereocenters. The van der Waals surface area contributed by atoms with E-state index < -0.39 is 12.1 Å². The van der Waals surface area contributed by atoms with Gasteiger partial charge in [0.2, 0.25) is 0 Å². The molecule has 3 unspecified atom stereocenters. The topological polar surface area (TPSA) is 66.8 Å². The number of carbonyl (C=O) groups is 1. The minimum atomic E-state index is -1.01. The third kappa shape index (κ3) is 4.74. The lowest BCUT2D eigenvalue weighted by Crippen LogP contribution is -2.23. The minimum absolute atomic E-state index is 0.289. The Morgan fingerprint density at radius 2 is 2.14 bits per heavy atom. The monoisotopic (exact) mass is 292 g/mol. The second-order valence-corrected chi connectivity index (χ2v) is 6.02. The maximum Gasteiger partial charge on any atom is 0.306 e. The summed E-state index contributed by atoms with van der Waals surface area (Å²) in [4.78, 5) is 10.6. The molecule has 1 aromatic rings. The Morgan fingerprint density at radius 3 is 2.86 bits per heavy atom. The van der Waals surface area contributed by atoms with Crippen LogP contribution in [0, 0.1) is 11.8 Å². The molecule has 0 bridgehead atoms. The molecule has 1 aliphatic carbocycles. The Kier molecular flexibility index (Phi) is 5.62. The van der Waals surface area contributed by atoms with Crippen LogP contribution in [0.5, 0.6) is 5.75 Å². The molecule has 1 aromatic carbocycles. The Morgan fingerprint density at radius 1 is 1.38 bits per heavy atom. The highest BCUT2D eigenvalue weighted by Gasteiger charge is 2.22. The van der Waals surface area contributed by atoms with Gasteiger partial charge in [-0.25, -0.2) is 0 Å². The van der Waals surface area contributed by atoms with E-state index >= 15 is 0 Å². The number of hydrogen-bond acceptors (Lipinski definition) is 3. The molecule has 0 spiro atoms. The van der Waals surface area contributed by atoms with Crippen molar-refractivity contribution in [3.8, 4) is 5.75 Å². The standard InChI is InChI=1S/C17H24O4/c1-12-5-2-3-6-14(12)11-21-15-8-4-7-13(9-15)16(18)10-17(19)20/h4,7-9,12,14,16,18H,2-3,5-6,10-11H2,1H3,(H,19,20). The Hall–Kier alpha value is -1.55. The van der Waals surface area contributed by atoms with Crippen molar-refractivity contribution in [1.29, 1.82) is 0 Å². The molecule has 4 nitrogen and oxygen atoms in total. The summed E-state index contributed by atoms with van der Waals surface area (Å²) in [7, 11) is 0. The van der Waals surface area contributed by atoms with Crippen LogP contribution in [0.1, 0.15) is 50.7 Å². The third-order valence-corrected chi connectivity index (χ3v) is 4.36. The van der Waals surface area contributed by atoms with Crippen LogP contribution in [-0.2, 0) is 4.79 Å². The van der Waals surface area contributed by atoms with Gasteiger partial charge in [0.15, 0.2) is 0 Å². The van der Waals surface area contributed by atoms with Crippen LogP contribution < -0.4 is 4.74 Å². The quantitative estimate of drug-likeness (QED) is 0.843. The van der Waals surface area contributed by atoms with E-state index in [0.717, 1.165) is 0 Å². The fourth-order valence-corrected chi connectivity index (χ4v) is 2.94. The fourth-order valence-electron chi connectivity index (χ4n) is 2.94. The number of hydrogen-bond donors (Lipinski definition) is 2. The normalized spacial score (nSPS) is 23.5. The molecule has 21 heavy (non-hydrogen) atoms. The highest BCUT2D eigenvalue weighted by Crippen LogP contribution is 2.30.